The van der Waals surface area contributed by atoms with Gasteiger partial charge in [-0.3, -0.25) is 4.79 Å². The molecule has 1 atom stereocenters. The molecule has 1 aromatic rings. The van der Waals surface area contributed by atoms with Crippen LogP contribution >= 0.6 is 0 Å². The molecule has 2 rings (SSSR count). The van der Waals surface area contributed by atoms with Crippen LogP contribution < -0.4 is 10.2 Å². The number of benzene rings is 1. The average molecular weight is 262 g/mol. The van der Waals surface area contributed by atoms with E-state index in [-0.39, 0.29) is 11.5 Å². The third-order valence-corrected chi connectivity index (χ3v) is 3.57. The van der Waals surface area contributed by atoms with Crippen molar-refractivity contribution in [3.05, 3.63) is 29.8 Å². The fourth-order valence-corrected chi connectivity index (χ4v) is 2.51. The fraction of sp³-hybridized carbons (Fsp3) is 0.533. The van der Waals surface area contributed by atoms with Crippen LogP contribution in [0.3, 0.4) is 0 Å². The molecule has 4 nitrogen and oxygen atoms in total. The van der Waals surface area contributed by atoms with Gasteiger partial charge in [0.25, 0.3) is 0 Å². The number of hydrogen-bond acceptors (Lipinski definition) is 3. The summed E-state index contributed by atoms with van der Waals surface area (Å²) in [4.78, 5) is 13.5. The number of carboxylic acid groups (broad SMARTS) is 1. The number of aliphatic carboxylic acids is 1. The Bertz CT molecular complexity index is 471. The van der Waals surface area contributed by atoms with Crippen molar-refractivity contribution in [2.24, 2.45) is 5.92 Å². The first-order chi connectivity index (χ1) is 8.87. The van der Waals surface area contributed by atoms with Crippen molar-refractivity contribution in [1.82, 2.24) is 5.32 Å². The molecule has 1 heterocycles. The van der Waals surface area contributed by atoms with Crippen molar-refractivity contribution in [2.45, 2.75) is 26.3 Å². The minimum absolute atomic E-state index is 0.0893. The topological polar surface area (TPSA) is 52.6 Å². The van der Waals surface area contributed by atoms with Crippen molar-refractivity contribution < 1.29 is 9.90 Å². The molecular weight excluding hydrogens is 240 g/mol. The van der Waals surface area contributed by atoms with E-state index in [1.807, 2.05) is 12.1 Å². The lowest BCUT2D eigenvalue weighted by Gasteiger charge is -2.31. The third-order valence-electron chi connectivity index (χ3n) is 3.57. The lowest BCUT2D eigenvalue weighted by Crippen LogP contribution is -2.46. The quantitative estimate of drug-likeness (QED) is 0.854. The third kappa shape index (κ3) is 3.47. The van der Waals surface area contributed by atoms with E-state index < -0.39 is 5.97 Å². The van der Waals surface area contributed by atoms with E-state index in [2.05, 4.69) is 43.1 Å². The first-order valence-corrected chi connectivity index (χ1v) is 6.67. The second-order valence-electron chi connectivity index (χ2n) is 6.02. The van der Waals surface area contributed by atoms with Crippen LogP contribution in [0.15, 0.2) is 24.3 Å². The fourth-order valence-electron chi connectivity index (χ4n) is 2.51. The normalized spacial score (nSPS) is 22.9. The smallest absolute Gasteiger partial charge is 0.309 e. The summed E-state index contributed by atoms with van der Waals surface area (Å²) < 4.78 is 0. The van der Waals surface area contributed by atoms with Crippen molar-refractivity contribution in [3.8, 4) is 0 Å². The monoisotopic (exact) mass is 262 g/mol. The first-order valence-electron chi connectivity index (χ1n) is 6.67. The molecule has 4 heteroatoms. The van der Waals surface area contributed by atoms with Crippen molar-refractivity contribution in [1.29, 1.82) is 0 Å². The van der Waals surface area contributed by atoms with E-state index >= 15 is 0 Å². The number of nitrogens with one attached hydrogen (secondary N) is 1. The molecule has 1 fully saturated rings. The molecule has 0 amide bonds. The summed E-state index contributed by atoms with van der Waals surface area (Å²) >= 11 is 0. The molecule has 0 spiro atoms. The van der Waals surface area contributed by atoms with E-state index in [0.717, 1.165) is 12.2 Å². The van der Waals surface area contributed by atoms with Gasteiger partial charge in [-0.1, -0.05) is 12.1 Å². The molecule has 0 aliphatic carbocycles. The van der Waals surface area contributed by atoms with Crippen LogP contribution in [0.4, 0.5) is 5.69 Å². The summed E-state index contributed by atoms with van der Waals surface area (Å²) in [5.41, 5.74) is 2.20. The molecule has 0 saturated carbocycles. The largest absolute Gasteiger partial charge is 0.481 e. The zero-order valence-corrected chi connectivity index (χ0v) is 11.8. The minimum atomic E-state index is -0.733. The highest BCUT2D eigenvalue weighted by Crippen LogP contribution is 2.22. The predicted octanol–water partition coefficient (Wildman–Crippen LogP) is 1.88. The van der Waals surface area contributed by atoms with Gasteiger partial charge in [-0.05, 0) is 38.5 Å². The molecule has 1 unspecified atom stereocenters. The Balaban J connectivity index is 2.28. The molecule has 1 saturated heterocycles. The van der Waals surface area contributed by atoms with Crippen LogP contribution in [0.1, 0.15) is 19.4 Å². The lowest BCUT2D eigenvalue weighted by molar-refractivity contribution is -0.141. The van der Waals surface area contributed by atoms with E-state index in [1.165, 1.54) is 5.56 Å². The number of carbonyl (C=O) groups is 1. The van der Waals surface area contributed by atoms with Crippen molar-refractivity contribution >= 4 is 11.7 Å². The molecule has 19 heavy (non-hydrogen) atoms. The first kappa shape index (κ1) is 13.9. The summed E-state index contributed by atoms with van der Waals surface area (Å²) in [7, 11) is 0. The van der Waals surface area contributed by atoms with Crippen LogP contribution in [0.25, 0.3) is 0 Å². The maximum absolute atomic E-state index is 11.3. The maximum atomic E-state index is 11.3. The Morgan fingerprint density at radius 1 is 1.47 bits per heavy atom. The van der Waals surface area contributed by atoms with E-state index in [1.54, 1.807) is 0 Å². The molecule has 1 aromatic carbocycles. The highest BCUT2D eigenvalue weighted by atomic mass is 16.4. The number of hydrogen-bond donors (Lipinski definition) is 2. The van der Waals surface area contributed by atoms with Crippen molar-refractivity contribution in [3.63, 3.8) is 0 Å². The highest BCUT2D eigenvalue weighted by Gasteiger charge is 2.31. The number of aryl methyl sites for hydroxylation is 1. The molecule has 1 aliphatic heterocycles. The second kappa shape index (κ2) is 5.21. The Hall–Kier alpha value is -1.55. The number of rotatable bonds is 2. The Morgan fingerprint density at radius 2 is 2.21 bits per heavy atom. The summed E-state index contributed by atoms with van der Waals surface area (Å²) in [6.07, 6.45) is 0. The van der Waals surface area contributed by atoms with Gasteiger partial charge in [-0.25, -0.2) is 0 Å². The highest BCUT2D eigenvalue weighted by molar-refractivity contribution is 5.71. The van der Waals surface area contributed by atoms with Crippen LogP contribution in [-0.4, -0.2) is 36.2 Å². The lowest BCUT2D eigenvalue weighted by atomic mass is 10.1. The summed E-state index contributed by atoms with van der Waals surface area (Å²) in [6.45, 7) is 8.15. The number of anilines is 1. The van der Waals surface area contributed by atoms with Crippen LogP contribution in [-0.2, 0) is 4.79 Å². The van der Waals surface area contributed by atoms with Gasteiger partial charge in [0, 0.05) is 30.9 Å². The Morgan fingerprint density at radius 3 is 2.84 bits per heavy atom. The van der Waals surface area contributed by atoms with Gasteiger partial charge < -0.3 is 15.3 Å². The molecule has 104 valence electrons. The van der Waals surface area contributed by atoms with Gasteiger partial charge in [-0.15, -0.1) is 0 Å². The standard InChI is InChI=1S/C15H22N2O2/c1-11-5-4-6-13(7-11)17-9-12(14(18)19)8-16-15(2,3)10-17/h4-7,12,16H,8-10H2,1-3H3,(H,18,19). The van der Waals surface area contributed by atoms with Gasteiger partial charge in [0.1, 0.15) is 0 Å². The summed E-state index contributed by atoms with van der Waals surface area (Å²) in [5.74, 6) is -1.11. The Labute approximate surface area is 114 Å². The van der Waals surface area contributed by atoms with Crippen molar-refractivity contribution in [2.75, 3.05) is 24.5 Å². The zero-order valence-electron chi connectivity index (χ0n) is 11.8. The Kier molecular flexibility index (Phi) is 3.80. The van der Waals surface area contributed by atoms with Gasteiger partial charge in [-0.2, -0.15) is 0 Å². The second-order valence-corrected chi connectivity index (χ2v) is 6.02. The SMILES string of the molecule is Cc1cccc(N2CC(C(=O)O)CNC(C)(C)C2)c1. The van der Waals surface area contributed by atoms with E-state index in [4.69, 9.17) is 0 Å². The van der Waals surface area contributed by atoms with Gasteiger partial charge in [0.15, 0.2) is 0 Å². The molecule has 1 aliphatic rings. The van der Waals surface area contributed by atoms with Gasteiger partial charge in [0.2, 0.25) is 0 Å². The number of nitrogens with zero attached hydrogens (tertiary/aromatic N) is 1. The molecule has 2 N–H and O–H groups in total. The zero-order chi connectivity index (χ0) is 14.0. The minimum Gasteiger partial charge on any atom is -0.481 e. The average Bonchev–Trinajstić information content (AvgIpc) is 2.48. The molecular formula is C15H22N2O2. The number of carboxylic acids is 1. The van der Waals surface area contributed by atoms with Gasteiger partial charge >= 0.3 is 5.97 Å². The predicted molar refractivity (Wildman–Crippen MR) is 76.6 cm³/mol. The molecule has 0 aromatic heterocycles. The maximum Gasteiger partial charge on any atom is 0.309 e. The van der Waals surface area contributed by atoms with Gasteiger partial charge in [0.05, 0.1) is 5.92 Å². The summed E-state index contributed by atoms with van der Waals surface area (Å²) in [5, 5.41) is 12.6. The van der Waals surface area contributed by atoms with Crippen LogP contribution in [0.5, 0.6) is 0 Å². The summed E-state index contributed by atoms with van der Waals surface area (Å²) in [6, 6.07) is 8.23. The van der Waals surface area contributed by atoms with Crippen LogP contribution in [0.2, 0.25) is 0 Å². The van der Waals surface area contributed by atoms with E-state index in [9.17, 15) is 9.90 Å². The molecule has 0 radical (unpaired) electrons. The van der Waals surface area contributed by atoms with Crippen LogP contribution in [0, 0.1) is 12.8 Å². The van der Waals surface area contributed by atoms with E-state index in [0.29, 0.717) is 13.1 Å². The molecule has 0 bridgehead atoms.